The molecule has 5 atom stereocenters. The molecule has 0 bridgehead atoms. The minimum atomic E-state index is -1.72. The van der Waals surface area contributed by atoms with Crippen molar-refractivity contribution in [3.05, 3.63) is 59.0 Å². The van der Waals surface area contributed by atoms with Crippen molar-refractivity contribution in [3.63, 3.8) is 0 Å². The second kappa shape index (κ2) is 8.60. The van der Waals surface area contributed by atoms with Crippen molar-refractivity contribution in [3.8, 4) is 22.6 Å². The van der Waals surface area contributed by atoms with Gasteiger partial charge in [-0.05, 0) is 29.8 Å². The van der Waals surface area contributed by atoms with Crippen molar-refractivity contribution in [1.29, 1.82) is 0 Å². The van der Waals surface area contributed by atoms with Crippen LogP contribution in [-0.2, 0) is 14.3 Å². The lowest BCUT2D eigenvalue weighted by Crippen LogP contribution is -2.61. The predicted octanol–water partition coefficient (Wildman–Crippen LogP) is 0.525. The molecule has 10 nitrogen and oxygen atoms in total. The largest absolute Gasteiger partial charge is 0.508 e. The molecule has 1 fully saturated rings. The summed E-state index contributed by atoms with van der Waals surface area (Å²) < 4.78 is 20.9. The molecule has 1 aliphatic heterocycles. The lowest BCUT2D eigenvalue weighted by atomic mass is 9.99. The summed E-state index contributed by atoms with van der Waals surface area (Å²) in [6.45, 7) is 0. The van der Waals surface area contributed by atoms with E-state index in [0.717, 1.165) is 7.11 Å². The van der Waals surface area contributed by atoms with Gasteiger partial charge in [0.1, 0.15) is 41.7 Å². The molecule has 32 heavy (non-hydrogen) atoms. The van der Waals surface area contributed by atoms with E-state index in [9.17, 15) is 30.0 Å². The lowest BCUT2D eigenvalue weighted by molar-refractivity contribution is -0.271. The van der Waals surface area contributed by atoms with Crippen LogP contribution in [0.15, 0.2) is 57.9 Å². The van der Waals surface area contributed by atoms with E-state index < -0.39 is 36.7 Å². The Labute approximate surface area is 180 Å². The average Bonchev–Trinajstić information content (AvgIpc) is 2.80. The Morgan fingerprint density at radius 3 is 2.41 bits per heavy atom. The maximum absolute atomic E-state index is 12.9. The molecule has 10 heteroatoms. The highest BCUT2D eigenvalue weighted by Crippen LogP contribution is 2.28. The van der Waals surface area contributed by atoms with E-state index in [1.807, 2.05) is 0 Å². The van der Waals surface area contributed by atoms with Crippen LogP contribution >= 0.6 is 0 Å². The summed E-state index contributed by atoms with van der Waals surface area (Å²) in [4.78, 5) is 24.6. The van der Waals surface area contributed by atoms with Crippen LogP contribution in [0.25, 0.3) is 22.1 Å². The molecule has 1 saturated heterocycles. The minimum Gasteiger partial charge on any atom is -0.508 e. The SMILES string of the molecule is COC(=O)C1O[C@@H](Oc2ccc3c(=O)c(-c4ccc(O)cc4)coc3c2)[C@@H](O)[C@@H](O)[C@@H]1O. The number of aliphatic hydroxyl groups is 3. The number of aromatic hydroxyl groups is 1. The van der Waals surface area contributed by atoms with E-state index in [1.54, 1.807) is 12.1 Å². The first-order valence-corrected chi connectivity index (χ1v) is 9.59. The van der Waals surface area contributed by atoms with Gasteiger partial charge in [-0.1, -0.05) is 12.1 Å². The van der Waals surface area contributed by atoms with Crippen molar-refractivity contribution in [2.45, 2.75) is 30.7 Å². The zero-order chi connectivity index (χ0) is 23.0. The smallest absolute Gasteiger partial charge is 0.337 e. The van der Waals surface area contributed by atoms with Gasteiger partial charge in [0.15, 0.2) is 11.5 Å². The number of phenols is 1. The third kappa shape index (κ3) is 3.92. The molecule has 168 valence electrons. The first-order chi connectivity index (χ1) is 15.3. The fraction of sp³-hybridized carbons (Fsp3) is 0.273. The van der Waals surface area contributed by atoms with Crippen molar-refractivity contribution in [2.24, 2.45) is 0 Å². The van der Waals surface area contributed by atoms with Crippen LogP contribution in [0.1, 0.15) is 0 Å². The summed E-state index contributed by atoms with van der Waals surface area (Å²) in [6, 6.07) is 10.4. The second-order valence-corrected chi connectivity index (χ2v) is 7.22. The number of benzene rings is 2. The molecule has 0 radical (unpaired) electrons. The third-order valence-corrected chi connectivity index (χ3v) is 5.18. The van der Waals surface area contributed by atoms with Crippen LogP contribution in [0.5, 0.6) is 11.5 Å². The van der Waals surface area contributed by atoms with E-state index in [1.165, 1.54) is 36.6 Å². The quantitative estimate of drug-likeness (QED) is 0.419. The van der Waals surface area contributed by atoms with Crippen LogP contribution in [0.4, 0.5) is 0 Å². The van der Waals surface area contributed by atoms with Gasteiger partial charge < -0.3 is 39.1 Å². The van der Waals surface area contributed by atoms with Gasteiger partial charge >= 0.3 is 5.97 Å². The van der Waals surface area contributed by atoms with Crippen molar-refractivity contribution < 1.29 is 43.8 Å². The van der Waals surface area contributed by atoms with Gasteiger partial charge in [0.05, 0.1) is 18.1 Å². The number of phenolic OH excluding ortho intramolecular Hbond substituents is 1. The third-order valence-electron chi connectivity index (χ3n) is 5.18. The lowest BCUT2D eigenvalue weighted by Gasteiger charge is -2.38. The Balaban J connectivity index is 1.61. The van der Waals surface area contributed by atoms with Crippen LogP contribution < -0.4 is 10.2 Å². The van der Waals surface area contributed by atoms with Gasteiger partial charge in [0, 0.05) is 6.07 Å². The van der Waals surface area contributed by atoms with Crippen molar-refractivity contribution >= 4 is 16.9 Å². The molecule has 1 aliphatic rings. The number of hydrogen-bond donors (Lipinski definition) is 4. The maximum atomic E-state index is 12.9. The number of aliphatic hydroxyl groups excluding tert-OH is 3. The number of fused-ring (bicyclic) bond motifs is 1. The number of methoxy groups -OCH3 is 1. The van der Waals surface area contributed by atoms with Gasteiger partial charge in [0.2, 0.25) is 6.29 Å². The first kappa shape index (κ1) is 21.8. The Hall–Kier alpha value is -3.44. The predicted molar refractivity (Wildman–Crippen MR) is 109 cm³/mol. The number of carbonyl (C=O) groups is 1. The summed E-state index contributed by atoms with van der Waals surface area (Å²) in [6.07, 6.45) is -6.87. The number of ether oxygens (including phenoxy) is 3. The summed E-state index contributed by atoms with van der Waals surface area (Å²) >= 11 is 0. The molecule has 2 aromatic carbocycles. The molecule has 2 heterocycles. The zero-order valence-electron chi connectivity index (χ0n) is 16.7. The van der Waals surface area contributed by atoms with Gasteiger partial charge in [-0.15, -0.1) is 0 Å². The molecular weight excluding hydrogens is 424 g/mol. The molecule has 0 spiro atoms. The molecule has 3 aromatic rings. The Kier molecular flexibility index (Phi) is 5.85. The normalized spacial score (nSPS) is 25.4. The van der Waals surface area contributed by atoms with Crippen LogP contribution in [-0.4, -0.2) is 64.2 Å². The molecule has 0 saturated carbocycles. The highest BCUT2D eigenvalue weighted by molar-refractivity contribution is 5.82. The summed E-state index contributed by atoms with van der Waals surface area (Å²) in [7, 11) is 1.09. The zero-order valence-corrected chi connectivity index (χ0v) is 16.7. The summed E-state index contributed by atoms with van der Waals surface area (Å²) in [5.41, 5.74) is 0.751. The minimum absolute atomic E-state index is 0.0694. The molecule has 0 aliphatic carbocycles. The molecule has 4 N–H and O–H groups in total. The molecule has 1 unspecified atom stereocenters. The van der Waals surface area contributed by atoms with E-state index in [4.69, 9.17) is 13.9 Å². The van der Waals surface area contributed by atoms with Gasteiger partial charge in [-0.2, -0.15) is 0 Å². The number of rotatable bonds is 4. The average molecular weight is 444 g/mol. The molecule has 1 aromatic heterocycles. The topological polar surface area (TPSA) is 156 Å². The molecule has 0 amide bonds. The van der Waals surface area contributed by atoms with Gasteiger partial charge in [-0.25, -0.2) is 4.79 Å². The van der Waals surface area contributed by atoms with Crippen molar-refractivity contribution in [1.82, 2.24) is 0 Å². The maximum Gasteiger partial charge on any atom is 0.337 e. The number of esters is 1. The summed E-state index contributed by atoms with van der Waals surface area (Å²) in [5, 5.41) is 39.8. The van der Waals surface area contributed by atoms with E-state index in [2.05, 4.69) is 4.74 Å². The Morgan fingerprint density at radius 2 is 1.72 bits per heavy atom. The van der Waals surface area contributed by atoms with Crippen molar-refractivity contribution in [2.75, 3.05) is 7.11 Å². The molecule has 4 rings (SSSR count). The fourth-order valence-corrected chi connectivity index (χ4v) is 3.41. The van der Waals surface area contributed by atoms with Gasteiger partial charge in [0.25, 0.3) is 0 Å². The highest BCUT2D eigenvalue weighted by Gasteiger charge is 2.48. The summed E-state index contributed by atoms with van der Waals surface area (Å²) in [5.74, 6) is -0.752. The first-order valence-electron chi connectivity index (χ1n) is 9.59. The standard InChI is InChI=1S/C22H20O10/c1-29-21(28)20-18(26)17(25)19(27)22(32-20)31-12-6-7-13-15(8-12)30-9-14(16(13)24)10-2-4-11(23)5-3-10/h2-9,17-20,22-23,25-27H,1H3/t17-,18-,19-,20?,22+/m0/s1. The number of hydrogen-bond acceptors (Lipinski definition) is 10. The van der Waals surface area contributed by atoms with Crippen LogP contribution in [0.3, 0.4) is 0 Å². The second-order valence-electron chi connectivity index (χ2n) is 7.22. The monoisotopic (exact) mass is 444 g/mol. The fourth-order valence-electron chi connectivity index (χ4n) is 3.41. The van der Waals surface area contributed by atoms with E-state index in [-0.39, 0.29) is 27.9 Å². The Bertz CT molecular complexity index is 1190. The number of carbonyl (C=O) groups excluding carboxylic acids is 1. The van der Waals surface area contributed by atoms with E-state index >= 15 is 0 Å². The van der Waals surface area contributed by atoms with Crippen LogP contribution in [0.2, 0.25) is 0 Å². The highest BCUT2D eigenvalue weighted by atomic mass is 16.7. The van der Waals surface area contributed by atoms with E-state index in [0.29, 0.717) is 11.1 Å². The molecular formula is C22H20O10. The van der Waals surface area contributed by atoms with Crippen LogP contribution in [0, 0.1) is 0 Å². The van der Waals surface area contributed by atoms with Gasteiger partial charge in [-0.3, -0.25) is 4.79 Å². The Morgan fingerprint density at radius 1 is 1.00 bits per heavy atom.